The predicted octanol–water partition coefficient (Wildman–Crippen LogP) is -6.82. The standard InChI is InChI=1S/2ClH.H2O.Zn/h2*1H;1H2;/p-2. The summed E-state index contributed by atoms with van der Waals surface area (Å²) in [7, 11) is 0. The van der Waals surface area contributed by atoms with Crippen molar-refractivity contribution >= 4 is 0 Å². The van der Waals surface area contributed by atoms with Crippen molar-refractivity contribution in [1.29, 1.82) is 0 Å². The van der Waals surface area contributed by atoms with Crippen molar-refractivity contribution in [2.45, 2.75) is 0 Å². The maximum Gasteiger partial charge on any atom is 0 e. The van der Waals surface area contributed by atoms with E-state index in [4.69, 9.17) is 0 Å². The zero-order chi connectivity index (χ0) is 0. The first-order chi connectivity index (χ1) is 0. The molecule has 2 N–H and O–H groups in total. The third-order valence-electron chi connectivity index (χ3n) is 0. The fourth-order valence-electron chi connectivity index (χ4n) is 0. The van der Waals surface area contributed by atoms with E-state index in [-0.39, 0.29) is 49.8 Å². The minimum absolute atomic E-state index is 0. The van der Waals surface area contributed by atoms with Gasteiger partial charge in [0.1, 0.15) is 0 Å². The summed E-state index contributed by atoms with van der Waals surface area (Å²) in [6, 6.07) is 0. The van der Waals surface area contributed by atoms with Gasteiger partial charge in [0.15, 0.2) is 0 Å². The second kappa shape index (κ2) is 30.8. The Morgan fingerprint density at radius 1 is 0.750 bits per heavy atom. The third kappa shape index (κ3) is 10.9. The molecule has 0 aliphatic rings. The van der Waals surface area contributed by atoms with Crippen LogP contribution in [-0.4, -0.2) is 5.48 Å². The van der Waals surface area contributed by atoms with Gasteiger partial charge >= 0.3 is 0 Å². The molecule has 0 spiro atoms. The maximum absolute atomic E-state index is 0. The molecule has 0 saturated heterocycles. The van der Waals surface area contributed by atoms with Crippen LogP contribution in [0.2, 0.25) is 0 Å². The molecule has 4 heteroatoms. The van der Waals surface area contributed by atoms with Gasteiger partial charge in [0.05, 0.1) is 0 Å². The van der Waals surface area contributed by atoms with Crippen molar-refractivity contribution in [2.75, 3.05) is 0 Å². The summed E-state index contributed by atoms with van der Waals surface area (Å²) in [5.74, 6) is 0. The Labute approximate surface area is 50.0 Å². The summed E-state index contributed by atoms with van der Waals surface area (Å²) in [6.45, 7) is 0. The van der Waals surface area contributed by atoms with Gasteiger partial charge in [0.2, 0.25) is 0 Å². The Hall–Kier alpha value is 1.16. The van der Waals surface area contributed by atoms with Crippen molar-refractivity contribution in [3.63, 3.8) is 0 Å². The molecule has 0 atom stereocenters. The maximum atomic E-state index is 0. The largest absolute Gasteiger partial charge is 1.00 e. The van der Waals surface area contributed by atoms with Gasteiger partial charge in [-0.2, -0.15) is 0 Å². The molecule has 0 bridgehead atoms. The van der Waals surface area contributed by atoms with Gasteiger partial charge < -0.3 is 30.3 Å². The van der Waals surface area contributed by atoms with Crippen molar-refractivity contribution in [3.05, 3.63) is 0 Å². The molecule has 0 aromatic carbocycles. The molecule has 0 unspecified atom stereocenters. The van der Waals surface area contributed by atoms with Crippen molar-refractivity contribution < 1.29 is 49.8 Å². The Morgan fingerprint density at radius 2 is 0.750 bits per heavy atom. The third-order valence-corrected chi connectivity index (χ3v) is 0. The molecule has 1 nitrogen and oxygen atoms in total. The van der Waals surface area contributed by atoms with Crippen LogP contribution >= 0.6 is 0 Å². The summed E-state index contributed by atoms with van der Waals surface area (Å²) < 4.78 is 0. The first kappa shape index (κ1) is 66.1. The minimum Gasteiger partial charge on any atom is -1.00 e. The van der Waals surface area contributed by atoms with Crippen LogP contribution in [0.15, 0.2) is 0 Å². The number of rotatable bonds is 0. The van der Waals surface area contributed by atoms with Crippen LogP contribution in [-0.2, 0) is 19.5 Å². The van der Waals surface area contributed by atoms with Crippen LogP contribution in [0, 0.1) is 0 Å². The summed E-state index contributed by atoms with van der Waals surface area (Å²) in [5, 5.41) is 0. The van der Waals surface area contributed by atoms with E-state index in [1.54, 1.807) is 0 Å². The molecule has 0 amide bonds. The Balaban J connectivity index is 0. The summed E-state index contributed by atoms with van der Waals surface area (Å²) >= 11 is 0. The van der Waals surface area contributed by atoms with Gasteiger partial charge in [0.25, 0.3) is 0 Å². The van der Waals surface area contributed by atoms with Gasteiger partial charge in [0, 0.05) is 19.5 Å². The number of hydrogen-bond donors (Lipinski definition) is 0. The fraction of sp³-hybridized carbons (Fsp3) is 0. The molecule has 0 radical (unpaired) electrons. The molecule has 26 valence electrons. The van der Waals surface area contributed by atoms with E-state index in [9.17, 15) is 0 Å². The van der Waals surface area contributed by atoms with Crippen molar-refractivity contribution in [1.82, 2.24) is 0 Å². The molecular formula is H2Cl2OZn-2. The molecule has 4 heavy (non-hydrogen) atoms. The minimum atomic E-state index is 0. The molecule has 0 heterocycles. The number of hydrogen-bond acceptors (Lipinski definition) is 0. The van der Waals surface area contributed by atoms with Crippen molar-refractivity contribution in [2.24, 2.45) is 0 Å². The molecule has 0 aromatic rings. The molecule has 0 aliphatic heterocycles. The van der Waals surface area contributed by atoms with Crippen LogP contribution in [0.4, 0.5) is 0 Å². The van der Waals surface area contributed by atoms with Gasteiger partial charge in [-0.3, -0.25) is 0 Å². The van der Waals surface area contributed by atoms with E-state index in [1.165, 1.54) is 0 Å². The zero-order valence-corrected chi connectivity index (χ0v) is 6.44. The topological polar surface area (TPSA) is 31.5 Å². The quantitative estimate of drug-likeness (QED) is 0.311. The first-order valence-electron chi connectivity index (χ1n) is 0. The fourth-order valence-corrected chi connectivity index (χ4v) is 0. The van der Waals surface area contributed by atoms with Crippen LogP contribution < -0.4 is 24.8 Å². The normalized spacial score (nSPS) is 0. The first-order valence-corrected chi connectivity index (χ1v) is 0. The predicted molar refractivity (Wildman–Crippen MR) is 3.61 cm³/mol. The molecule has 0 fully saturated rings. The second-order valence-electron chi connectivity index (χ2n) is 0. The van der Waals surface area contributed by atoms with Crippen LogP contribution in [0.5, 0.6) is 0 Å². The summed E-state index contributed by atoms with van der Waals surface area (Å²) in [6.07, 6.45) is 0. The van der Waals surface area contributed by atoms with Gasteiger partial charge in [-0.1, -0.05) is 0 Å². The second-order valence-corrected chi connectivity index (χ2v) is 0. The zero-order valence-electron chi connectivity index (χ0n) is 1.96. The summed E-state index contributed by atoms with van der Waals surface area (Å²) in [4.78, 5) is 0. The van der Waals surface area contributed by atoms with E-state index in [0.717, 1.165) is 0 Å². The molecular weight excluding hydrogens is 152 g/mol. The van der Waals surface area contributed by atoms with Gasteiger partial charge in [-0.05, 0) is 0 Å². The average Bonchev–Trinajstić information content (AvgIpc) is 0. The molecule has 0 saturated carbocycles. The summed E-state index contributed by atoms with van der Waals surface area (Å²) in [5.41, 5.74) is 0. The van der Waals surface area contributed by atoms with Gasteiger partial charge in [-0.15, -0.1) is 0 Å². The van der Waals surface area contributed by atoms with Crippen molar-refractivity contribution in [3.8, 4) is 0 Å². The van der Waals surface area contributed by atoms with E-state index in [2.05, 4.69) is 0 Å². The molecule has 0 aliphatic carbocycles. The van der Waals surface area contributed by atoms with Crippen LogP contribution in [0.3, 0.4) is 0 Å². The van der Waals surface area contributed by atoms with E-state index < -0.39 is 0 Å². The van der Waals surface area contributed by atoms with E-state index in [0.29, 0.717) is 0 Å². The Morgan fingerprint density at radius 3 is 0.750 bits per heavy atom. The Kier molecular flexibility index (Phi) is 509. The van der Waals surface area contributed by atoms with Gasteiger partial charge in [-0.25, -0.2) is 0 Å². The monoisotopic (exact) mass is 152 g/mol. The van der Waals surface area contributed by atoms with E-state index >= 15 is 0 Å². The Bertz CT molecular complexity index is 6.00. The average molecular weight is 154 g/mol. The van der Waals surface area contributed by atoms with E-state index in [1.807, 2.05) is 0 Å². The number of halogens is 2. The smallest absolute Gasteiger partial charge is 0 e. The SMILES string of the molecule is O.[Cl-].[Cl-].[Zn]. The van der Waals surface area contributed by atoms with Crippen LogP contribution in [0.25, 0.3) is 0 Å². The molecule has 0 rings (SSSR count). The van der Waals surface area contributed by atoms with Crippen LogP contribution in [0.1, 0.15) is 0 Å². The molecule has 0 aromatic heterocycles.